The summed E-state index contributed by atoms with van der Waals surface area (Å²) in [5.74, 6) is -1.61. The summed E-state index contributed by atoms with van der Waals surface area (Å²) in [6.45, 7) is 4.14. The molecule has 2 atom stereocenters. The summed E-state index contributed by atoms with van der Waals surface area (Å²) in [6.07, 6.45) is -2.43. The lowest BCUT2D eigenvalue weighted by atomic mass is 9.95. The van der Waals surface area contributed by atoms with Gasteiger partial charge >= 0.3 is 6.18 Å². The average Bonchev–Trinajstić information content (AvgIpc) is 2.72. The van der Waals surface area contributed by atoms with Gasteiger partial charge in [0.15, 0.2) is 0 Å². The van der Waals surface area contributed by atoms with E-state index < -0.39 is 23.5 Å². The molecule has 1 aliphatic heterocycles. The van der Waals surface area contributed by atoms with E-state index in [4.69, 9.17) is 5.11 Å². The number of nitrogens with zero attached hydrogens (tertiary/aromatic N) is 3. The van der Waals surface area contributed by atoms with E-state index in [1.54, 1.807) is 24.9 Å². The van der Waals surface area contributed by atoms with Crippen molar-refractivity contribution in [2.24, 2.45) is 0 Å². The van der Waals surface area contributed by atoms with Crippen LogP contribution in [0.15, 0.2) is 24.4 Å². The van der Waals surface area contributed by atoms with Gasteiger partial charge in [-0.3, -0.25) is 4.79 Å². The van der Waals surface area contributed by atoms with Crippen LogP contribution in [0.25, 0.3) is 0 Å². The minimum atomic E-state index is -4.76. The third-order valence-corrected chi connectivity index (χ3v) is 5.30. The summed E-state index contributed by atoms with van der Waals surface area (Å²) in [7, 11) is 0. The highest BCUT2D eigenvalue weighted by Crippen LogP contribution is 2.33. The van der Waals surface area contributed by atoms with E-state index >= 15 is 0 Å². The number of amides is 1. The number of halogens is 4. The topological polar surface area (TPSA) is 78.3 Å². The molecule has 1 aromatic heterocycles. The van der Waals surface area contributed by atoms with Gasteiger partial charge in [-0.25, -0.2) is 14.4 Å². The number of aliphatic hydroxyl groups excluding tert-OH is 1. The lowest BCUT2D eigenvalue weighted by Crippen LogP contribution is -2.37. The van der Waals surface area contributed by atoms with Crippen LogP contribution in [0.1, 0.15) is 48.6 Å². The molecule has 0 spiro atoms. The number of aromatic nitrogens is 2. The first-order valence-electron chi connectivity index (χ1n) is 9.95. The number of anilines is 1. The first-order valence-corrected chi connectivity index (χ1v) is 9.95. The van der Waals surface area contributed by atoms with Crippen LogP contribution in [-0.2, 0) is 23.9 Å². The van der Waals surface area contributed by atoms with Gasteiger partial charge in [-0.15, -0.1) is 0 Å². The number of hydrogen-bond acceptors (Lipinski definition) is 5. The number of aliphatic hydroxyl groups is 1. The number of hydrogen-bond donors (Lipinski definition) is 2. The highest BCUT2D eigenvalue weighted by molar-refractivity contribution is 5.77. The Balaban J connectivity index is 1.66. The van der Waals surface area contributed by atoms with Crippen molar-refractivity contribution in [1.29, 1.82) is 0 Å². The molecule has 1 aromatic carbocycles. The van der Waals surface area contributed by atoms with Gasteiger partial charge in [-0.2, -0.15) is 13.2 Å². The van der Waals surface area contributed by atoms with Crippen LogP contribution >= 0.6 is 0 Å². The molecule has 0 saturated heterocycles. The lowest BCUT2D eigenvalue weighted by Gasteiger charge is -2.29. The van der Waals surface area contributed by atoms with Gasteiger partial charge < -0.3 is 15.3 Å². The largest absolute Gasteiger partial charge is 0.419 e. The van der Waals surface area contributed by atoms with E-state index in [9.17, 15) is 22.4 Å². The SMILES string of the molecule is CC(CO)Nc1ncc2c(n1)CN(C(=O)CC(C)c1ccc(C(F)(F)F)c(F)c1)CC2. The van der Waals surface area contributed by atoms with E-state index in [1.165, 1.54) is 6.07 Å². The Bertz CT molecular complexity index is 951. The molecule has 168 valence electrons. The smallest absolute Gasteiger partial charge is 0.394 e. The van der Waals surface area contributed by atoms with Gasteiger partial charge in [0.1, 0.15) is 5.82 Å². The van der Waals surface area contributed by atoms with E-state index in [1.807, 2.05) is 0 Å². The Kier molecular flexibility index (Phi) is 6.78. The molecule has 3 rings (SSSR count). The maximum atomic E-state index is 13.9. The van der Waals surface area contributed by atoms with E-state index in [0.29, 0.717) is 36.2 Å². The van der Waals surface area contributed by atoms with Crippen LogP contribution < -0.4 is 5.32 Å². The summed E-state index contributed by atoms with van der Waals surface area (Å²) in [5.41, 5.74) is 0.657. The molecule has 2 aromatic rings. The van der Waals surface area contributed by atoms with Crippen LogP contribution in [0.4, 0.5) is 23.5 Å². The monoisotopic (exact) mass is 440 g/mol. The number of nitrogens with one attached hydrogen (secondary N) is 1. The molecule has 0 aliphatic carbocycles. The van der Waals surface area contributed by atoms with Crippen LogP contribution in [-0.4, -0.2) is 45.1 Å². The highest BCUT2D eigenvalue weighted by atomic mass is 19.4. The third-order valence-electron chi connectivity index (χ3n) is 5.30. The molecular formula is C21H24F4N4O2. The minimum absolute atomic E-state index is 0.0396. The van der Waals surface area contributed by atoms with Crippen molar-refractivity contribution < 1.29 is 27.5 Å². The normalized spacial score (nSPS) is 15.9. The van der Waals surface area contributed by atoms with Crippen molar-refractivity contribution in [3.05, 3.63) is 52.6 Å². The fourth-order valence-corrected chi connectivity index (χ4v) is 3.43. The van der Waals surface area contributed by atoms with Crippen molar-refractivity contribution in [3.8, 4) is 0 Å². The van der Waals surface area contributed by atoms with Crippen molar-refractivity contribution in [1.82, 2.24) is 14.9 Å². The summed E-state index contributed by atoms with van der Waals surface area (Å²) >= 11 is 0. The van der Waals surface area contributed by atoms with E-state index in [0.717, 1.165) is 11.6 Å². The molecule has 31 heavy (non-hydrogen) atoms. The molecule has 0 fully saturated rings. The second kappa shape index (κ2) is 9.17. The zero-order chi connectivity index (χ0) is 22.8. The Morgan fingerprint density at radius 2 is 2.06 bits per heavy atom. The second-order valence-electron chi connectivity index (χ2n) is 7.80. The van der Waals surface area contributed by atoms with Crippen molar-refractivity contribution in [2.75, 3.05) is 18.5 Å². The molecule has 2 heterocycles. The maximum absolute atomic E-state index is 13.9. The van der Waals surface area contributed by atoms with Crippen molar-refractivity contribution in [3.63, 3.8) is 0 Å². The standard InChI is InChI=1S/C21H24F4N4O2/c1-12(14-3-4-16(17(22)8-14)21(23,24)25)7-19(31)29-6-5-15-9-26-20(27-13(2)11-30)28-18(15)10-29/h3-4,8-9,12-13,30H,5-7,10-11H2,1-2H3,(H,26,27,28). The fourth-order valence-electron chi connectivity index (χ4n) is 3.43. The number of alkyl halides is 3. The molecule has 2 N–H and O–H groups in total. The summed E-state index contributed by atoms with van der Waals surface area (Å²) < 4.78 is 52.1. The van der Waals surface area contributed by atoms with Gasteiger partial charge in [0.2, 0.25) is 11.9 Å². The van der Waals surface area contributed by atoms with Crippen LogP contribution in [0, 0.1) is 5.82 Å². The number of rotatable bonds is 6. The molecule has 6 nitrogen and oxygen atoms in total. The van der Waals surface area contributed by atoms with Crippen molar-refractivity contribution >= 4 is 11.9 Å². The van der Waals surface area contributed by atoms with Gasteiger partial charge in [0.05, 0.1) is 24.4 Å². The Morgan fingerprint density at radius 1 is 1.32 bits per heavy atom. The number of benzene rings is 1. The highest BCUT2D eigenvalue weighted by Gasteiger charge is 2.34. The summed E-state index contributed by atoms with van der Waals surface area (Å²) in [5, 5.41) is 12.1. The summed E-state index contributed by atoms with van der Waals surface area (Å²) in [4.78, 5) is 23.1. The minimum Gasteiger partial charge on any atom is -0.394 e. The fraction of sp³-hybridized carbons (Fsp3) is 0.476. The molecule has 0 radical (unpaired) electrons. The molecule has 0 saturated carbocycles. The van der Waals surface area contributed by atoms with E-state index in [-0.39, 0.29) is 31.5 Å². The quantitative estimate of drug-likeness (QED) is 0.673. The number of fused-ring (bicyclic) bond motifs is 1. The molecule has 1 aliphatic rings. The summed E-state index contributed by atoms with van der Waals surface area (Å²) in [6, 6.07) is 2.55. The van der Waals surface area contributed by atoms with Gasteiger partial charge in [-0.1, -0.05) is 13.0 Å². The molecule has 10 heteroatoms. The molecular weight excluding hydrogens is 416 g/mol. The Hall–Kier alpha value is -2.75. The van der Waals surface area contributed by atoms with Gasteiger partial charge in [-0.05, 0) is 42.5 Å². The Labute approximate surface area is 177 Å². The van der Waals surface area contributed by atoms with Gasteiger partial charge in [0, 0.05) is 25.2 Å². The molecule has 1 amide bonds. The zero-order valence-corrected chi connectivity index (χ0v) is 17.2. The molecule has 0 bridgehead atoms. The first kappa shape index (κ1) is 22.9. The van der Waals surface area contributed by atoms with Crippen LogP contribution in [0.2, 0.25) is 0 Å². The number of carbonyl (C=O) groups is 1. The maximum Gasteiger partial charge on any atom is 0.419 e. The predicted molar refractivity (Wildman–Crippen MR) is 106 cm³/mol. The second-order valence-corrected chi connectivity index (χ2v) is 7.80. The van der Waals surface area contributed by atoms with E-state index in [2.05, 4.69) is 15.3 Å². The van der Waals surface area contributed by atoms with Crippen LogP contribution in [0.5, 0.6) is 0 Å². The Morgan fingerprint density at radius 3 is 2.71 bits per heavy atom. The zero-order valence-electron chi connectivity index (χ0n) is 17.2. The van der Waals surface area contributed by atoms with Crippen molar-refractivity contribution in [2.45, 2.75) is 51.4 Å². The molecule has 2 unspecified atom stereocenters. The van der Waals surface area contributed by atoms with Gasteiger partial charge in [0.25, 0.3) is 0 Å². The lowest BCUT2D eigenvalue weighted by molar-refractivity contribution is -0.140. The third kappa shape index (κ3) is 5.49. The predicted octanol–water partition coefficient (Wildman–Crippen LogP) is 3.51. The number of carbonyl (C=O) groups excluding carboxylic acids is 1. The van der Waals surface area contributed by atoms with Crippen LogP contribution in [0.3, 0.4) is 0 Å². The first-order chi connectivity index (χ1) is 14.6. The average molecular weight is 440 g/mol.